The minimum atomic E-state index is -0.988. The Hall–Kier alpha value is -2.57. The van der Waals surface area contributed by atoms with Crippen molar-refractivity contribution < 1.29 is 28.6 Å². The lowest BCUT2D eigenvalue weighted by Crippen LogP contribution is -2.55. The number of hydrogen-bond donors (Lipinski definition) is 1. The van der Waals surface area contributed by atoms with Crippen LogP contribution in [0.15, 0.2) is 24.3 Å². The van der Waals surface area contributed by atoms with Gasteiger partial charge >= 0.3 is 11.9 Å². The lowest BCUT2D eigenvalue weighted by Gasteiger charge is -2.33. The number of rotatable bonds is 14. The van der Waals surface area contributed by atoms with Crippen molar-refractivity contribution in [3.63, 3.8) is 0 Å². The molecule has 0 heterocycles. The number of aryl methyl sites for hydroxylation is 1. The normalized spacial score (nSPS) is 10.9. The molecular formula is C23H35NO6. The molecule has 0 unspecified atom stereocenters. The van der Waals surface area contributed by atoms with Gasteiger partial charge < -0.3 is 19.5 Å². The molecule has 0 bridgehead atoms. The molecule has 0 radical (unpaired) electrons. The van der Waals surface area contributed by atoms with Crippen LogP contribution in [0.25, 0.3) is 0 Å². The molecular weight excluding hydrogens is 386 g/mol. The Kier molecular flexibility index (Phi) is 11.6. The first kappa shape index (κ1) is 25.5. The Balaban J connectivity index is 2.74. The van der Waals surface area contributed by atoms with Crippen LogP contribution in [0.4, 0.5) is 0 Å². The summed E-state index contributed by atoms with van der Waals surface area (Å²) in [4.78, 5) is 34.4. The van der Waals surface area contributed by atoms with Gasteiger partial charge in [0.05, 0.1) is 6.61 Å². The van der Waals surface area contributed by atoms with E-state index in [0.717, 1.165) is 17.7 Å². The lowest BCUT2D eigenvalue weighted by molar-refractivity contribution is -0.150. The maximum absolute atomic E-state index is 11.8. The quantitative estimate of drug-likeness (QED) is 0.365. The van der Waals surface area contributed by atoms with Gasteiger partial charge in [-0.25, -0.2) is 0 Å². The fourth-order valence-corrected chi connectivity index (χ4v) is 3.03. The minimum Gasteiger partial charge on any atom is -0.494 e. The predicted molar refractivity (Wildman–Crippen MR) is 114 cm³/mol. The monoisotopic (exact) mass is 421 g/mol. The maximum Gasteiger partial charge on any atom is 0.302 e. The highest BCUT2D eigenvalue weighted by molar-refractivity contribution is 5.74. The van der Waals surface area contributed by atoms with Gasteiger partial charge in [-0.2, -0.15) is 0 Å². The molecule has 1 aromatic rings. The summed E-state index contributed by atoms with van der Waals surface area (Å²) in [6, 6.07) is 7.79. The Morgan fingerprint density at radius 3 is 2.00 bits per heavy atom. The topological polar surface area (TPSA) is 90.9 Å². The van der Waals surface area contributed by atoms with Crippen LogP contribution in [0.1, 0.15) is 65.4 Å². The Labute approximate surface area is 179 Å². The molecule has 168 valence electrons. The molecule has 1 amide bonds. The first-order chi connectivity index (χ1) is 14.3. The van der Waals surface area contributed by atoms with Crippen molar-refractivity contribution in [3.8, 4) is 5.75 Å². The van der Waals surface area contributed by atoms with E-state index in [2.05, 4.69) is 12.2 Å². The first-order valence-corrected chi connectivity index (χ1v) is 10.5. The smallest absolute Gasteiger partial charge is 0.302 e. The van der Waals surface area contributed by atoms with Gasteiger partial charge in [0.25, 0.3) is 0 Å². The molecule has 7 nitrogen and oxygen atoms in total. The van der Waals surface area contributed by atoms with Crippen LogP contribution < -0.4 is 10.1 Å². The summed E-state index contributed by atoms with van der Waals surface area (Å²) in [6.45, 7) is 6.70. The zero-order chi connectivity index (χ0) is 22.4. The molecule has 0 fully saturated rings. The zero-order valence-electron chi connectivity index (χ0n) is 18.6. The number of carbonyl (C=O) groups excluding carboxylic acids is 3. The largest absolute Gasteiger partial charge is 0.494 e. The number of unbranched alkanes of at least 4 members (excludes halogenated alkanes) is 3. The molecule has 7 heteroatoms. The Bertz CT molecular complexity index is 653. The average Bonchev–Trinajstić information content (AvgIpc) is 2.69. The molecule has 0 aliphatic heterocycles. The van der Waals surface area contributed by atoms with Crippen molar-refractivity contribution in [2.45, 2.75) is 71.8 Å². The zero-order valence-corrected chi connectivity index (χ0v) is 18.6. The maximum atomic E-state index is 11.8. The van der Waals surface area contributed by atoms with Gasteiger partial charge in [-0.15, -0.1) is 0 Å². The second kappa shape index (κ2) is 13.6. The van der Waals surface area contributed by atoms with Gasteiger partial charge in [0.2, 0.25) is 5.91 Å². The van der Waals surface area contributed by atoms with E-state index in [1.54, 1.807) is 0 Å². The molecule has 0 atom stereocenters. The van der Waals surface area contributed by atoms with Gasteiger partial charge in [0.1, 0.15) is 24.5 Å². The molecule has 0 spiro atoms. The van der Waals surface area contributed by atoms with E-state index in [1.807, 2.05) is 24.3 Å². The van der Waals surface area contributed by atoms with Gasteiger partial charge in [-0.1, -0.05) is 38.3 Å². The SMILES string of the molecule is CCCCCCOc1ccc(CCC(COC(C)=O)(COC(C)=O)NC(C)=O)cc1. The fraction of sp³-hybridized carbons (Fsp3) is 0.609. The fourth-order valence-electron chi connectivity index (χ4n) is 3.03. The van der Waals surface area contributed by atoms with Crippen LogP contribution in [0.3, 0.4) is 0 Å². The van der Waals surface area contributed by atoms with E-state index >= 15 is 0 Å². The van der Waals surface area contributed by atoms with Crippen molar-refractivity contribution in [2.75, 3.05) is 19.8 Å². The lowest BCUT2D eigenvalue weighted by atomic mass is 9.92. The summed E-state index contributed by atoms with van der Waals surface area (Å²) in [6.07, 6.45) is 5.66. The molecule has 0 aliphatic carbocycles. The van der Waals surface area contributed by atoms with Crippen LogP contribution in [0.2, 0.25) is 0 Å². The summed E-state index contributed by atoms with van der Waals surface area (Å²) >= 11 is 0. The number of benzene rings is 1. The van der Waals surface area contributed by atoms with Crippen molar-refractivity contribution in [1.29, 1.82) is 0 Å². The standard InChI is InChI=1S/C23H35NO6/c1-5-6-7-8-15-28-22-11-9-21(10-12-22)13-14-23(24-18(2)25,16-29-19(3)26)17-30-20(4)27/h9-12H,5-8,13-17H2,1-4H3,(H,24,25). The van der Waals surface area contributed by atoms with Gasteiger partial charge in [0, 0.05) is 20.8 Å². The summed E-state index contributed by atoms with van der Waals surface area (Å²) in [7, 11) is 0. The average molecular weight is 422 g/mol. The van der Waals surface area contributed by atoms with Crippen molar-refractivity contribution >= 4 is 17.8 Å². The summed E-state index contributed by atoms with van der Waals surface area (Å²) in [5.74, 6) is -0.398. The van der Waals surface area contributed by atoms with E-state index in [4.69, 9.17) is 14.2 Å². The van der Waals surface area contributed by atoms with E-state index < -0.39 is 17.5 Å². The molecule has 0 aromatic heterocycles. The molecule has 1 N–H and O–H groups in total. The third-order valence-electron chi connectivity index (χ3n) is 4.63. The van der Waals surface area contributed by atoms with Crippen LogP contribution in [-0.2, 0) is 30.3 Å². The van der Waals surface area contributed by atoms with Crippen molar-refractivity contribution in [1.82, 2.24) is 5.32 Å². The molecule has 1 aromatic carbocycles. The molecule has 0 saturated heterocycles. The van der Waals surface area contributed by atoms with E-state index in [1.165, 1.54) is 40.0 Å². The number of ether oxygens (including phenoxy) is 3. The highest BCUT2D eigenvalue weighted by atomic mass is 16.5. The molecule has 30 heavy (non-hydrogen) atoms. The number of esters is 2. The number of hydrogen-bond acceptors (Lipinski definition) is 6. The predicted octanol–water partition coefficient (Wildman–Crippen LogP) is 3.58. The Morgan fingerprint density at radius 1 is 0.900 bits per heavy atom. The summed E-state index contributed by atoms with van der Waals surface area (Å²) in [5, 5.41) is 2.81. The van der Waals surface area contributed by atoms with E-state index in [9.17, 15) is 14.4 Å². The minimum absolute atomic E-state index is 0.0752. The van der Waals surface area contributed by atoms with Gasteiger partial charge in [-0.3, -0.25) is 14.4 Å². The highest BCUT2D eigenvalue weighted by Gasteiger charge is 2.34. The third-order valence-corrected chi connectivity index (χ3v) is 4.63. The summed E-state index contributed by atoms with van der Waals surface area (Å²) < 4.78 is 16.1. The van der Waals surface area contributed by atoms with Crippen LogP contribution in [-0.4, -0.2) is 43.2 Å². The highest BCUT2D eigenvalue weighted by Crippen LogP contribution is 2.20. The van der Waals surface area contributed by atoms with E-state index in [0.29, 0.717) is 19.4 Å². The molecule has 0 aliphatic rings. The second-order valence-electron chi connectivity index (χ2n) is 7.58. The summed E-state index contributed by atoms with van der Waals surface area (Å²) in [5.41, 5.74) is 0.0474. The van der Waals surface area contributed by atoms with Gasteiger partial charge in [-0.05, 0) is 37.0 Å². The van der Waals surface area contributed by atoms with Crippen LogP contribution in [0.5, 0.6) is 5.75 Å². The van der Waals surface area contributed by atoms with Crippen molar-refractivity contribution in [3.05, 3.63) is 29.8 Å². The van der Waals surface area contributed by atoms with E-state index in [-0.39, 0.29) is 19.1 Å². The number of nitrogens with one attached hydrogen (secondary N) is 1. The Morgan fingerprint density at radius 2 is 1.50 bits per heavy atom. The number of amides is 1. The molecule has 1 rings (SSSR count). The number of carbonyl (C=O) groups is 3. The second-order valence-corrected chi connectivity index (χ2v) is 7.58. The third kappa shape index (κ3) is 10.8. The first-order valence-electron chi connectivity index (χ1n) is 10.5. The van der Waals surface area contributed by atoms with Gasteiger partial charge in [0.15, 0.2) is 0 Å². The molecule has 0 saturated carbocycles. The van der Waals surface area contributed by atoms with Crippen molar-refractivity contribution in [2.24, 2.45) is 0 Å². The van der Waals surface area contributed by atoms with Crippen LogP contribution in [0, 0.1) is 0 Å². The van der Waals surface area contributed by atoms with Crippen LogP contribution >= 0.6 is 0 Å².